The van der Waals surface area contributed by atoms with Gasteiger partial charge in [-0.15, -0.1) is 0 Å². The smallest absolute Gasteiger partial charge is 0.338 e. The molecule has 0 amide bonds. The van der Waals surface area contributed by atoms with Crippen molar-refractivity contribution < 1.29 is 14.3 Å². The molecule has 0 heterocycles. The van der Waals surface area contributed by atoms with E-state index in [0.29, 0.717) is 42.9 Å². The molecular formula is C24H21NO3. The van der Waals surface area contributed by atoms with E-state index in [4.69, 9.17) is 14.7 Å². The van der Waals surface area contributed by atoms with Crippen molar-refractivity contribution in [2.45, 2.75) is 19.4 Å². The summed E-state index contributed by atoms with van der Waals surface area (Å²) in [6, 6.07) is 26.4. The number of ether oxygens (including phenoxy) is 2. The number of rotatable bonds is 8. The lowest BCUT2D eigenvalue weighted by atomic mass is 10.1. The second kappa shape index (κ2) is 9.94. The van der Waals surface area contributed by atoms with Gasteiger partial charge in [0, 0.05) is 0 Å². The minimum absolute atomic E-state index is 0.319. The van der Waals surface area contributed by atoms with Gasteiger partial charge in [-0.3, -0.25) is 0 Å². The van der Waals surface area contributed by atoms with Crippen molar-refractivity contribution in [3.63, 3.8) is 0 Å². The number of carbonyl (C=O) groups excluding carboxylic acids is 1. The Balaban J connectivity index is 1.56. The number of nitriles is 1. The van der Waals surface area contributed by atoms with Crippen molar-refractivity contribution in [1.29, 1.82) is 5.26 Å². The summed E-state index contributed by atoms with van der Waals surface area (Å²) in [5, 5.41) is 9.16. The fourth-order valence-electron chi connectivity index (χ4n) is 2.79. The monoisotopic (exact) mass is 371 g/mol. The zero-order chi connectivity index (χ0) is 19.6. The van der Waals surface area contributed by atoms with Crippen LogP contribution in [-0.2, 0) is 17.8 Å². The molecule has 0 unspecified atom stereocenters. The van der Waals surface area contributed by atoms with Crippen LogP contribution >= 0.6 is 0 Å². The van der Waals surface area contributed by atoms with Crippen LogP contribution in [-0.4, -0.2) is 12.6 Å². The molecule has 4 heteroatoms. The molecule has 0 fully saturated rings. The molecule has 0 aliphatic heterocycles. The number of benzene rings is 3. The highest BCUT2D eigenvalue weighted by Crippen LogP contribution is 2.23. The van der Waals surface area contributed by atoms with Crippen molar-refractivity contribution in [3.05, 3.63) is 101 Å². The van der Waals surface area contributed by atoms with Crippen LogP contribution in [0.4, 0.5) is 0 Å². The first-order valence-electron chi connectivity index (χ1n) is 9.18. The van der Waals surface area contributed by atoms with Gasteiger partial charge in [0.1, 0.15) is 12.4 Å². The topological polar surface area (TPSA) is 59.3 Å². The van der Waals surface area contributed by atoms with E-state index in [1.165, 1.54) is 0 Å². The van der Waals surface area contributed by atoms with E-state index in [1.54, 1.807) is 24.3 Å². The van der Waals surface area contributed by atoms with Gasteiger partial charge in [0.15, 0.2) is 0 Å². The van der Waals surface area contributed by atoms with Crippen LogP contribution in [0.1, 0.15) is 33.5 Å². The average Bonchev–Trinajstić information content (AvgIpc) is 2.76. The van der Waals surface area contributed by atoms with Gasteiger partial charge in [0.05, 0.1) is 23.8 Å². The van der Waals surface area contributed by atoms with Crippen molar-refractivity contribution >= 4 is 5.97 Å². The van der Waals surface area contributed by atoms with E-state index in [1.807, 2.05) is 54.6 Å². The van der Waals surface area contributed by atoms with E-state index in [0.717, 1.165) is 11.1 Å². The molecule has 0 aliphatic carbocycles. The van der Waals surface area contributed by atoms with Gasteiger partial charge in [-0.2, -0.15) is 5.26 Å². The molecule has 0 saturated carbocycles. The summed E-state index contributed by atoms with van der Waals surface area (Å²) >= 11 is 0. The average molecular weight is 371 g/mol. The second-order valence-corrected chi connectivity index (χ2v) is 6.31. The van der Waals surface area contributed by atoms with Gasteiger partial charge in [-0.25, -0.2) is 4.79 Å². The van der Waals surface area contributed by atoms with Crippen molar-refractivity contribution in [2.24, 2.45) is 0 Å². The largest absolute Gasteiger partial charge is 0.489 e. The Bertz CT molecular complexity index is 947. The Morgan fingerprint density at radius 1 is 0.929 bits per heavy atom. The standard InChI is InChI=1S/C24H21NO3/c25-17-20-13-14-21(23(16-20)28-18-19-8-3-1-4-9-19)12-7-15-27-24(26)22-10-5-2-6-11-22/h1-6,8-11,13-14,16H,7,12,15,18H2. The molecule has 140 valence electrons. The van der Waals surface area contributed by atoms with Crippen molar-refractivity contribution in [1.82, 2.24) is 0 Å². The fraction of sp³-hybridized carbons (Fsp3) is 0.167. The molecular weight excluding hydrogens is 350 g/mol. The van der Waals surface area contributed by atoms with Gasteiger partial charge in [0.25, 0.3) is 0 Å². The first-order valence-corrected chi connectivity index (χ1v) is 9.18. The van der Waals surface area contributed by atoms with E-state index >= 15 is 0 Å². The summed E-state index contributed by atoms with van der Waals surface area (Å²) in [5.41, 5.74) is 3.16. The zero-order valence-electron chi connectivity index (χ0n) is 15.5. The molecule has 3 aromatic rings. The molecule has 0 saturated heterocycles. The van der Waals surface area contributed by atoms with E-state index < -0.39 is 0 Å². The summed E-state index contributed by atoms with van der Waals surface area (Å²) in [4.78, 5) is 12.0. The number of esters is 1. The van der Waals surface area contributed by atoms with Crippen LogP contribution in [0.15, 0.2) is 78.9 Å². The van der Waals surface area contributed by atoms with Gasteiger partial charge in [0.2, 0.25) is 0 Å². The highest BCUT2D eigenvalue weighted by molar-refractivity contribution is 5.89. The maximum absolute atomic E-state index is 12.0. The second-order valence-electron chi connectivity index (χ2n) is 6.31. The molecule has 0 atom stereocenters. The maximum atomic E-state index is 12.0. The Hall–Kier alpha value is -3.58. The zero-order valence-corrected chi connectivity index (χ0v) is 15.5. The van der Waals surface area contributed by atoms with Crippen molar-refractivity contribution in [2.75, 3.05) is 6.61 Å². The molecule has 0 aromatic heterocycles. The van der Waals surface area contributed by atoms with Gasteiger partial charge in [-0.1, -0.05) is 54.6 Å². The SMILES string of the molecule is N#Cc1ccc(CCCOC(=O)c2ccccc2)c(OCc2ccccc2)c1. The molecule has 0 N–H and O–H groups in total. The van der Waals surface area contributed by atoms with Gasteiger partial charge < -0.3 is 9.47 Å². The summed E-state index contributed by atoms with van der Waals surface area (Å²) in [6.45, 7) is 0.761. The lowest BCUT2D eigenvalue weighted by molar-refractivity contribution is 0.0500. The fourth-order valence-corrected chi connectivity index (χ4v) is 2.79. The Morgan fingerprint density at radius 3 is 2.36 bits per heavy atom. The number of aryl methyl sites for hydroxylation is 1. The highest BCUT2D eigenvalue weighted by atomic mass is 16.5. The number of carbonyl (C=O) groups is 1. The molecule has 3 rings (SSSR count). The lowest BCUT2D eigenvalue weighted by Gasteiger charge is -2.12. The maximum Gasteiger partial charge on any atom is 0.338 e. The summed E-state index contributed by atoms with van der Waals surface area (Å²) in [5.74, 6) is 0.373. The minimum atomic E-state index is -0.319. The Morgan fingerprint density at radius 2 is 1.64 bits per heavy atom. The summed E-state index contributed by atoms with van der Waals surface area (Å²) in [6.07, 6.45) is 1.37. The molecule has 0 aliphatic rings. The quantitative estimate of drug-likeness (QED) is 0.416. The predicted molar refractivity (Wildman–Crippen MR) is 107 cm³/mol. The molecule has 0 radical (unpaired) electrons. The first kappa shape index (κ1) is 19.2. The Labute approximate surface area is 165 Å². The molecule has 4 nitrogen and oxygen atoms in total. The normalized spacial score (nSPS) is 10.1. The van der Waals surface area contributed by atoms with Crippen LogP contribution in [0.2, 0.25) is 0 Å². The van der Waals surface area contributed by atoms with E-state index in [-0.39, 0.29) is 5.97 Å². The summed E-state index contributed by atoms with van der Waals surface area (Å²) < 4.78 is 11.3. The van der Waals surface area contributed by atoms with E-state index in [2.05, 4.69) is 6.07 Å². The van der Waals surface area contributed by atoms with Crippen LogP contribution in [0.3, 0.4) is 0 Å². The Kier molecular flexibility index (Phi) is 6.81. The van der Waals surface area contributed by atoms with Crippen molar-refractivity contribution in [3.8, 4) is 11.8 Å². The third kappa shape index (κ3) is 5.46. The third-order valence-electron chi connectivity index (χ3n) is 4.27. The van der Waals surface area contributed by atoms with Gasteiger partial charge in [-0.05, 0) is 48.2 Å². The molecule has 28 heavy (non-hydrogen) atoms. The first-order chi connectivity index (χ1) is 13.8. The van der Waals surface area contributed by atoms with Crippen LogP contribution < -0.4 is 4.74 Å². The molecule has 0 bridgehead atoms. The molecule has 3 aromatic carbocycles. The van der Waals surface area contributed by atoms with Crippen LogP contribution in [0.25, 0.3) is 0 Å². The van der Waals surface area contributed by atoms with Gasteiger partial charge >= 0.3 is 5.97 Å². The van der Waals surface area contributed by atoms with Crippen LogP contribution in [0, 0.1) is 11.3 Å². The van der Waals surface area contributed by atoms with Crippen LogP contribution in [0.5, 0.6) is 5.75 Å². The predicted octanol–water partition coefficient (Wildman–Crippen LogP) is 4.93. The van der Waals surface area contributed by atoms with E-state index in [9.17, 15) is 4.79 Å². The lowest BCUT2D eigenvalue weighted by Crippen LogP contribution is -2.07. The molecule has 0 spiro atoms. The highest BCUT2D eigenvalue weighted by Gasteiger charge is 2.09. The summed E-state index contributed by atoms with van der Waals surface area (Å²) in [7, 11) is 0. The third-order valence-corrected chi connectivity index (χ3v) is 4.27. The number of hydrogen-bond acceptors (Lipinski definition) is 4. The number of hydrogen-bond donors (Lipinski definition) is 0. The minimum Gasteiger partial charge on any atom is -0.489 e. The number of nitrogens with zero attached hydrogens (tertiary/aromatic N) is 1.